The number of amides is 2. The van der Waals surface area contributed by atoms with E-state index in [0.29, 0.717) is 48.9 Å². The molecule has 32 heavy (non-hydrogen) atoms. The van der Waals surface area contributed by atoms with Crippen molar-refractivity contribution >= 4 is 23.3 Å². The summed E-state index contributed by atoms with van der Waals surface area (Å²) in [6.45, 7) is 5.37. The Labute approximate surface area is 185 Å². The number of nitrogens with one attached hydrogen (secondary N) is 1. The van der Waals surface area contributed by atoms with Crippen LogP contribution in [0.2, 0.25) is 0 Å². The average Bonchev–Trinajstić information content (AvgIpc) is 3.13. The fraction of sp³-hybridized carbons (Fsp3) is 0.250. The lowest BCUT2D eigenvalue weighted by atomic mass is 10.1. The molecular weight excluding hydrogens is 408 g/mol. The molecule has 0 atom stereocenters. The molecule has 0 unspecified atom stereocenters. The van der Waals surface area contributed by atoms with E-state index in [0.717, 1.165) is 5.69 Å². The van der Waals surface area contributed by atoms with Crippen LogP contribution in [0, 0.1) is 13.8 Å². The van der Waals surface area contributed by atoms with Gasteiger partial charge in [0.25, 0.3) is 17.6 Å². The average molecular weight is 432 g/mol. The number of hydrogen-bond acceptors (Lipinski definition) is 5. The van der Waals surface area contributed by atoms with E-state index in [1.165, 1.54) is 0 Å². The van der Waals surface area contributed by atoms with Crippen LogP contribution in [-0.2, 0) is 9.53 Å². The van der Waals surface area contributed by atoms with E-state index in [1.807, 2.05) is 30.3 Å². The molecule has 0 saturated carbocycles. The number of anilines is 1. The van der Waals surface area contributed by atoms with Crippen LogP contribution in [0.25, 0.3) is 5.69 Å². The highest BCUT2D eigenvalue weighted by Gasteiger charge is 2.27. The van der Waals surface area contributed by atoms with E-state index >= 15 is 0 Å². The van der Waals surface area contributed by atoms with Gasteiger partial charge in [-0.3, -0.25) is 14.4 Å². The summed E-state index contributed by atoms with van der Waals surface area (Å²) in [5.41, 5.74) is 2.73. The lowest BCUT2D eigenvalue weighted by molar-refractivity contribution is -0.112. The van der Waals surface area contributed by atoms with Gasteiger partial charge in [0.15, 0.2) is 0 Å². The number of Topliss-reactive ketones (excluding diaryl/α,β-unsaturated/α-hetero) is 1. The normalized spacial score (nSPS) is 13.6. The largest absolute Gasteiger partial charge is 0.378 e. The molecule has 1 aromatic heterocycles. The fourth-order valence-corrected chi connectivity index (χ4v) is 3.80. The summed E-state index contributed by atoms with van der Waals surface area (Å²) in [6.07, 6.45) is 0. The number of ether oxygens (including phenoxy) is 1. The molecular formula is C24H24N4O4. The Bertz CT molecular complexity index is 1160. The molecule has 1 fully saturated rings. The van der Waals surface area contributed by atoms with E-state index in [2.05, 4.69) is 10.4 Å². The molecule has 2 amide bonds. The third kappa shape index (κ3) is 4.17. The second-order valence-corrected chi connectivity index (χ2v) is 7.53. The van der Waals surface area contributed by atoms with Gasteiger partial charge in [-0.1, -0.05) is 30.3 Å². The SMILES string of the molecule is Cc1nn(-c2ccccc2)c(C)c1C(=O)C(=O)Nc1ccccc1C(=O)N1CCOCC1. The van der Waals surface area contributed by atoms with Gasteiger partial charge >= 0.3 is 0 Å². The Hall–Kier alpha value is -3.78. The minimum Gasteiger partial charge on any atom is -0.378 e. The number of hydrogen-bond donors (Lipinski definition) is 1. The summed E-state index contributed by atoms with van der Waals surface area (Å²) < 4.78 is 6.95. The van der Waals surface area contributed by atoms with Gasteiger partial charge in [0.05, 0.1) is 47.1 Å². The zero-order valence-electron chi connectivity index (χ0n) is 18.0. The van der Waals surface area contributed by atoms with Crippen molar-refractivity contribution in [3.05, 3.63) is 77.1 Å². The molecule has 2 aromatic carbocycles. The molecule has 164 valence electrons. The predicted octanol–water partition coefficient (Wildman–Crippen LogP) is 2.78. The van der Waals surface area contributed by atoms with Gasteiger partial charge in [0.2, 0.25) is 0 Å². The van der Waals surface area contributed by atoms with Crippen molar-refractivity contribution in [1.29, 1.82) is 0 Å². The number of ketones is 1. The number of aryl methyl sites for hydroxylation is 1. The lowest BCUT2D eigenvalue weighted by Gasteiger charge is -2.27. The minimum absolute atomic E-state index is 0.207. The van der Waals surface area contributed by atoms with Crippen molar-refractivity contribution in [1.82, 2.24) is 14.7 Å². The van der Waals surface area contributed by atoms with Crippen LogP contribution in [0.4, 0.5) is 5.69 Å². The molecule has 2 heterocycles. The summed E-state index contributed by atoms with van der Waals surface area (Å²) >= 11 is 0. The number of carbonyl (C=O) groups is 3. The van der Waals surface area contributed by atoms with Crippen molar-refractivity contribution in [3.8, 4) is 5.69 Å². The first-order valence-electron chi connectivity index (χ1n) is 10.4. The standard InChI is InChI=1S/C24H24N4O4/c1-16-21(17(2)28(26-16)18-8-4-3-5-9-18)22(29)23(30)25-20-11-7-6-10-19(20)24(31)27-12-14-32-15-13-27/h3-11H,12-15H2,1-2H3,(H,25,30). The van der Waals surface area contributed by atoms with Gasteiger partial charge in [0.1, 0.15) is 0 Å². The third-order valence-electron chi connectivity index (χ3n) is 5.43. The van der Waals surface area contributed by atoms with Gasteiger partial charge in [-0.15, -0.1) is 0 Å². The van der Waals surface area contributed by atoms with Gasteiger partial charge < -0.3 is 15.0 Å². The Morgan fingerprint density at radius 1 is 0.938 bits per heavy atom. The van der Waals surface area contributed by atoms with Crippen LogP contribution in [0.15, 0.2) is 54.6 Å². The molecule has 8 heteroatoms. The van der Waals surface area contributed by atoms with E-state index in [1.54, 1.807) is 47.7 Å². The Balaban J connectivity index is 1.58. The van der Waals surface area contributed by atoms with Crippen LogP contribution in [0.5, 0.6) is 0 Å². The monoisotopic (exact) mass is 432 g/mol. The van der Waals surface area contributed by atoms with Crippen LogP contribution in [-0.4, -0.2) is 58.6 Å². The summed E-state index contributed by atoms with van der Waals surface area (Å²) in [6, 6.07) is 16.1. The van der Waals surface area contributed by atoms with Crippen molar-refractivity contribution in [2.75, 3.05) is 31.6 Å². The van der Waals surface area contributed by atoms with Crippen LogP contribution >= 0.6 is 0 Å². The number of para-hydroxylation sites is 2. The molecule has 4 rings (SSSR count). The Morgan fingerprint density at radius 2 is 1.59 bits per heavy atom. The number of carbonyl (C=O) groups excluding carboxylic acids is 3. The topological polar surface area (TPSA) is 93.5 Å². The quantitative estimate of drug-likeness (QED) is 0.494. The van der Waals surface area contributed by atoms with Crippen molar-refractivity contribution in [3.63, 3.8) is 0 Å². The first-order valence-corrected chi connectivity index (χ1v) is 10.4. The number of rotatable bonds is 5. The highest BCUT2D eigenvalue weighted by Crippen LogP contribution is 2.21. The van der Waals surface area contributed by atoms with E-state index in [-0.39, 0.29) is 11.5 Å². The number of aromatic nitrogens is 2. The van der Waals surface area contributed by atoms with E-state index in [9.17, 15) is 14.4 Å². The number of nitrogens with zero attached hydrogens (tertiary/aromatic N) is 3. The van der Waals surface area contributed by atoms with Crippen molar-refractivity contribution < 1.29 is 19.1 Å². The zero-order chi connectivity index (χ0) is 22.7. The van der Waals surface area contributed by atoms with Gasteiger partial charge in [-0.05, 0) is 38.1 Å². The molecule has 0 spiro atoms. The molecule has 1 N–H and O–H groups in total. The summed E-state index contributed by atoms with van der Waals surface area (Å²) in [4.78, 5) is 40.5. The molecule has 3 aromatic rings. The summed E-state index contributed by atoms with van der Waals surface area (Å²) in [5.74, 6) is -1.72. The second-order valence-electron chi connectivity index (χ2n) is 7.53. The third-order valence-corrected chi connectivity index (χ3v) is 5.43. The molecule has 1 aliphatic rings. The molecule has 0 bridgehead atoms. The molecule has 0 radical (unpaired) electrons. The molecule has 1 saturated heterocycles. The van der Waals surface area contributed by atoms with E-state index < -0.39 is 11.7 Å². The summed E-state index contributed by atoms with van der Waals surface area (Å²) in [5, 5.41) is 7.07. The maximum absolute atomic E-state index is 13.0. The molecule has 1 aliphatic heterocycles. The maximum Gasteiger partial charge on any atom is 0.296 e. The zero-order valence-corrected chi connectivity index (χ0v) is 18.0. The van der Waals surface area contributed by atoms with Gasteiger partial charge in [0, 0.05) is 13.1 Å². The number of morpholine rings is 1. The number of benzene rings is 2. The van der Waals surface area contributed by atoms with Crippen LogP contribution in [0.1, 0.15) is 32.1 Å². The molecule has 0 aliphatic carbocycles. The smallest absolute Gasteiger partial charge is 0.296 e. The highest BCUT2D eigenvalue weighted by molar-refractivity contribution is 6.47. The second kappa shape index (κ2) is 9.15. The van der Waals surface area contributed by atoms with Gasteiger partial charge in [-0.2, -0.15) is 5.10 Å². The van der Waals surface area contributed by atoms with Crippen LogP contribution < -0.4 is 5.32 Å². The van der Waals surface area contributed by atoms with E-state index in [4.69, 9.17) is 4.74 Å². The first-order chi connectivity index (χ1) is 15.5. The van der Waals surface area contributed by atoms with Crippen LogP contribution in [0.3, 0.4) is 0 Å². The van der Waals surface area contributed by atoms with Crippen molar-refractivity contribution in [2.45, 2.75) is 13.8 Å². The maximum atomic E-state index is 13.0. The highest BCUT2D eigenvalue weighted by atomic mass is 16.5. The Morgan fingerprint density at radius 3 is 2.31 bits per heavy atom. The fourth-order valence-electron chi connectivity index (χ4n) is 3.80. The summed E-state index contributed by atoms with van der Waals surface area (Å²) in [7, 11) is 0. The lowest BCUT2D eigenvalue weighted by Crippen LogP contribution is -2.41. The Kier molecular flexibility index (Phi) is 6.13. The predicted molar refractivity (Wildman–Crippen MR) is 119 cm³/mol. The molecule has 8 nitrogen and oxygen atoms in total. The first kappa shape index (κ1) is 21.5. The van der Waals surface area contributed by atoms with Crippen molar-refractivity contribution in [2.24, 2.45) is 0 Å². The van der Waals surface area contributed by atoms with Gasteiger partial charge in [-0.25, -0.2) is 4.68 Å². The minimum atomic E-state index is -0.814.